The van der Waals surface area contributed by atoms with Crippen LogP contribution >= 0.6 is 11.6 Å². The normalized spacial score (nSPS) is 12.9. The van der Waals surface area contributed by atoms with Crippen molar-refractivity contribution in [1.29, 1.82) is 0 Å². The third-order valence-electron chi connectivity index (χ3n) is 2.50. The average molecular weight is 239 g/mol. The first-order chi connectivity index (χ1) is 7.65. The largest absolute Gasteiger partial charge is 0.329 e. The molecule has 0 aliphatic rings. The molecule has 0 saturated heterocycles. The van der Waals surface area contributed by atoms with Crippen LogP contribution in [0.3, 0.4) is 0 Å². The summed E-state index contributed by atoms with van der Waals surface area (Å²) in [4.78, 5) is 26.4. The van der Waals surface area contributed by atoms with Crippen LogP contribution in [0.15, 0.2) is 33.9 Å². The number of fused-ring (bicyclic) bond motifs is 1. The number of nitrogens with one attached hydrogen (secondary N) is 1. The minimum Gasteiger partial charge on any atom is -0.307 e. The first-order valence-corrected chi connectivity index (χ1v) is 5.48. The quantitative estimate of drug-likeness (QED) is 0.806. The summed E-state index contributed by atoms with van der Waals surface area (Å²) in [6.07, 6.45) is 0. The lowest BCUT2D eigenvalue weighted by Crippen LogP contribution is -2.37. The molecule has 0 saturated carbocycles. The van der Waals surface area contributed by atoms with Gasteiger partial charge in [-0.1, -0.05) is 12.1 Å². The van der Waals surface area contributed by atoms with E-state index in [0.717, 1.165) is 4.57 Å². The van der Waals surface area contributed by atoms with Gasteiger partial charge in [0.1, 0.15) is 0 Å². The molecule has 1 N–H and O–H groups in total. The molecule has 16 heavy (non-hydrogen) atoms. The number of benzene rings is 1. The molecule has 1 aromatic heterocycles. The molecule has 2 rings (SSSR count). The van der Waals surface area contributed by atoms with Crippen LogP contribution < -0.4 is 11.2 Å². The van der Waals surface area contributed by atoms with Gasteiger partial charge in [0.05, 0.1) is 16.9 Å². The number of aromatic nitrogens is 2. The molecule has 0 amide bonds. The number of hydrogen-bond acceptors (Lipinski definition) is 2. The molecular weight excluding hydrogens is 228 g/mol. The zero-order chi connectivity index (χ0) is 11.7. The zero-order valence-corrected chi connectivity index (χ0v) is 9.49. The van der Waals surface area contributed by atoms with E-state index < -0.39 is 5.69 Å². The molecule has 0 unspecified atom stereocenters. The molecular formula is C11H11ClN2O2. The molecule has 2 aromatic rings. The van der Waals surface area contributed by atoms with Crippen LogP contribution in [0.5, 0.6) is 0 Å². The fourth-order valence-corrected chi connectivity index (χ4v) is 1.78. The maximum absolute atomic E-state index is 12.0. The van der Waals surface area contributed by atoms with Gasteiger partial charge in [0.2, 0.25) is 0 Å². The van der Waals surface area contributed by atoms with E-state index in [1.807, 2.05) is 0 Å². The second kappa shape index (κ2) is 4.14. The van der Waals surface area contributed by atoms with Crippen molar-refractivity contribution in [2.75, 3.05) is 5.88 Å². The van der Waals surface area contributed by atoms with Crippen molar-refractivity contribution in [3.63, 3.8) is 0 Å². The van der Waals surface area contributed by atoms with Gasteiger partial charge >= 0.3 is 5.69 Å². The summed E-state index contributed by atoms with van der Waals surface area (Å²) in [7, 11) is 0. The van der Waals surface area contributed by atoms with Gasteiger partial charge < -0.3 is 4.98 Å². The average Bonchev–Trinajstić information content (AvgIpc) is 2.28. The van der Waals surface area contributed by atoms with Crippen LogP contribution in [0, 0.1) is 0 Å². The van der Waals surface area contributed by atoms with E-state index in [1.165, 1.54) is 0 Å². The molecule has 0 aliphatic carbocycles. The van der Waals surface area contributed by atoms with Gasteiger partial charge in [-0.2, -0.15) is 0 Å². The zero-order valence-electron chi connectivity index (χ0n) is 8.74. The Morgan fingerprint density at radius 2 is 2.06 bits per heavy atom. The fraction of sp³-hybridized carbons (Fsp3) is 0.273. The van der Waals surface area contributed by atoms with Gasteiger partial charge in [0.15, 0.2) is 0 Å². The molecule has 84 valence electrons. The van der Waals surface area contributed by atoms with Crippen LogP contribution in [-0.4, -0.2) is 15.4 Å². The number of nitrogens with zero attached hydrogens (tertiary/aromatic N) is 1. The van der Waals surface area contributed by atoms with Crippen LogP contribution in [0.2, 0.25) is 0 Å². The minimum absolute atomic E-state index is 0.224. The first-order valence-electron chi connectivity index (χ1n) is 4.94. The lowest BCUT2D eigenvalue weighted by Gasteiger charge is -2.11. The molecule has 1 heterocycles. The summed E-state index contributed by atoms with van der Waals surface area (Å²) in [5.74, 6) is 0.224. The highest BCUT2D eigenvalue weighted by atomic mass is 35.5. The number of para-hydroxylation sites is 1. The molecule has 1 atom stereocenters. The minimum atomic E-state index is -0.420. The van der Waals surface area contributed by atoms with Gasteiger partial charge in [-0.25, -0.2) is 4.79 Å². The summed E-state index contributed by atoms with van der Waals surface area (Å²) in [6, 6.07) is 6.60. The SMILES string of the molecule is C[C@H](CCl)n1c(=O)[nH]c2ccccc2c1=O. The van der Waals surface area contributed by atoms with E-state index in [4.69, 9.17) is 11.6 Å². The maximum atomic E-state index is 12.0. The highest BCUT2D eigenvalue weighted by molar-refractivity contribution is 6.18. The smallest absolute Gasteiger partial charge is 0.307 e. The van der Waals surface area contributed by atoms with Crippen LogP contribution in [0.25, 0.3) is 10.9 Å². The summed E-state index contributed by atoms with van der Waals surface area (Å²) in [5, 5.41) is 0.499. The van der Waals surface area contributed by atoms with Crippen molar-refractivity contribution in [3.05, 3.63) is 45.1 Å². The molecule has 0 bridgehead atoms. The van der Waals surface area contributed by atoms with Gasteiger partial charge in [0, 0.05) is 5.88 Å². The van der Waals surface area contributed by atoms with Crippen LogP contribution in [-0.2, 0) is 0 Å². The number of alkyl halides is 1. The van der Waals surface area contributed by atoms with E-state index >= 15 is 0 Å². The summed E-state index contributed by atoms with van der Waals surface area (Å²) >= 11 is 5.67. The van der Waals surface area contributed by atoms with Crippen molar-refractivity contribution in [2.24, 2.45) is 0 Å². The molecule has 0 fully saturated rings. The number of aromatic amines is 1. The Morgan fingerprint density at radius 1 is 1.38 bits per heavy atom. The molecule has 5 heteroatoms. The number of halogens is 1. The lowest BCUT2D eigenvalue weighted by atomic mass is 10.2. The highest BCUT2D eigenvalue weighted by Crippen LogP contribution is 2.06. The summed E-state index contributed by atoms with van der Waals surface area (Å²) < 4.78 is 1.15. The van der Waals surface area contributed by atoms with Crippen molar-refractivity contribution in [2.45, 2.75) is 13.0 Å². The lowest BCUT2D eigenvalue weighted by molar-refractivity contribution is 0.557. The van der Waals surface area contributed by atoms with E-state index in [0.29, 0.717) is 10.9 Å². The van der Waals surface area contributed by atoms with Crippen molar-refractivity contribution < 1.29 is 0 Å². The van der Waals surface area contributed by atoms with Crippen LogP contribution in [0.4, 0.5) is 0 Å². The van der Waals surface area contributed by atoms with Crippen molar-refractivity contribution in [3.8, 4) is 0 Å². The first kappa shape index (κ1) is 11.0. The van der Waals surface area contributed by atoms with E-state index in [2.05, 4.69) is 4.98 Å². The Balaban J connectivity index is 2.87. The molecule has 0 aliphatic heterocycles. The predicted molar refractivity (Wildman–Crippen MR) is 64.3 cm³/mol. The number of hydrogen-bond donors (Lipinski definition) is 1. The molecule has 1 aromatic carbocycles. The Bertz CT molecular complexity index is 630. The molecule has 0 spiro atoms. The van der Waals surface area contributed by atoms with Gasteiger partial charge in [-0.05, 0) is 19.1 Å². The highest BCUT2D eigenvalue weighted by Gasteiger charge is 2.11. The Hall–Kier alpha value is -1.55. The Kier molecular flexibility index (Phi) is 2.83. The number of rotatable bonds is 2. The summed E-state index contributed by atoms with van der Waals surface area (Å²) in [6.45, 7) is 1.73. The van der Waals surface area contributed by atoms with Crippen LogP contribution in [0.1, 0.15) is 13.0 Å². The van der Waals surface area contributed by atoms with Gasteiger partial charge in [-0.15, -0.1) is 11.6 Å². The third kappa shape index (κ3) is 1.65. The number of H-pyrrole nitrogens is 1. The fourth-order valence-electron chi connectivity index (χ4n) is 1.65. The van der Waals surface area contributed by atoms with Gasteiger partial charge in [-0.3, -0.25) is 9.36 Å². The van der Waals surface area contributed by atoms with Gasteiger partial charge in [0.25, 0.3) is 5.56 Å². The third-order valence-corrected chi connectivity index (χ3v) is 2.95. The van der Waals surface area contributed by atoms with Crippen molar-refractivity contribution in [1.82, 2.24) is 9.55 Å². The van der Waals surface area contributed by atoms with E-state index in [-0.39, 0.29) is 17.5 Å². The standard InChI is InChI=1S/C11H11ClN2O2/c1-7(6-12)14-10(15)8-4-2-3-5-9(8)13-11(14)16/h2-5,7H,6H2,1H3,(H,13,16)/t7-/m1/s1. The van der Waals surface area contributed by atoms with E-state index in [9.17, 15) is 9.59 Å². The maximum Gasteiger partial charge on any atom is 0.329 e. The second-order valence-corrected chi connectivity index (χ2v) is 3.96. The topological polar surface area (TPSA) is 54.9 Å². The Labute approximate surface area is 96.5 Å². The second-order valence-electron chi connectivity index (χ2n) is 3.65. The van der Waals surface area contributed by atoms with Crippen molar-refractivity contribution >= 4 is 22.5 Å². The molecule has 0 radical (unpaired) electrons. The summed E-state index contributed by atoms with van der Waals surface area (Å²) in [5.41, 5.74) is -0.167. The monoisotopic (exact) mass is 238 g/mol. The van der Waals surface area contributed by atoms with E-state index in [1.54, 1.807) is 31.2 Å². The Morgan fingerprint density at radius 3 is 2.75 bits per heavy atom. The predicted octanol–water partition coefficient (Wildman–Crippen LogP) is 1.49. The molecule has 4 nitrogen and oxygen atoms in total.